The Morgan fingerprint density at radius 2 is 1.77 bits per heavy atom. The van der Waals surface area contributed by atoms with Gasteiger partial charge in [-0.3, -0.25) is 33.1 Å². The molecule has 0 spiro atoms. The van der Waals surface area contributed by atoms with Gasteiger partial charge in [-0.25, -0.2) is 14.6 Å². The molecule has 0 fully saturated rings. The van der Waals surface area contributed by atoms with E-state index in [1.54, 1.807) is 4.57 Å². The summed E-state index contributed by atoms with van der Waals surface area (Å²) in [4.78, 5) is 70.5. The van der Waals surface area contributed by atoms with E-state index in [0.29, 0.717) is 32.4 Å². The number of rotatable bonds is 10. The Morgan fingerprint density at radius 1 is 1.06 bits per heavy atom. The van der Waals surface area contributed by atoms with Gasteiger partial charge >= 0.3 is 11.4 Å². The van der Waals surface area contributed by atoms with E-state index in [1.165, 1.54) is 34.5 Å². The minimum atomic E-state index is -0.702. The summed E-state index contributed by atoms with van der Waals surface area (Å²) < 4.78 is 5.20. The Labute approximate surface area is 200 Å². The van der Waals surface area contributed by atoms with Crippen molar-refractivity contribution in [1.29, 1.82) is 0 Å². The summed E-state index contributed by atoms with van der Waals surface area (Å²) in [5, 5.41) is 0. The van der Waals surface area contributed by atoms with Crippen LogP contribution in [0.25, 0.3) is 11.2 Å². The maximum absolute atomic E-state index is 13.2. The highest BCUT2D eigenvalue weighted by Crippen LogP contribution is 2.19. The van der Waals surface area contributed by atoms with Gasteiger partial charge in [0.15, 0.2) is 16.9 Å². The van der Waals surface area contributed by atoms with Gasteiger partial charge in [0.25, 0.3) is 11.1 Å². The second kappa shape index (κ2) is 10.6. The predicted molar refractivity (Wildman–Crippen MR) is 133 cm³/mol. The molecule has 0 atom stereocenters. The molecule has 3 aromatic heterocycles. The molecule has 3 aromatic rings. The van der Waals surface area contributed by atoms with Crippen LogP contribution < -0.4 is 33.1 Å². The summed E-state index contributed by atoms with van der Waals surface area (Å²) in [5.74, 6) is -0.353. The molecule has 0 aliphatic carbocycles. The number of nitrogens with one attached hydrogen (secondary N) is 1. The number of aryl methyl sites for hydroxylation is 2. The molecule has 0 saturated carbocycles. The average molecular weight is 489 g/mol. The number of hydrogen-bond donors (Lipinski definition) is 2. The van der Waals surface area contributed by atoms with Crippen LogP contribution >= 0.6 is 0 Å². The zero-order valence-corrected chi connectivity index (χ0v) is 20.5. The Hall–Kier alpha value is -3.90. The number of unbranched alkanes of at least 4 members (excludes halogenated alkanes) is 1. The maximum atomic E-state index is 13.2. The molecule has 0 aliphatic heterocycles. The molecule has 13 nitrogen and oxygen atoms in total. The zero-order chi connectivity index (χ0) is 25.9. The van der Waals surface area contributed by atoms with E-state index in [9.17, 15) is 24.0 Å². The van der Waals surface area contributed by atoms with Gasteiger partial charge in [-0.1, -0.05) is 20.3 Å². The standard InChI is InChI=1S/C22H32N8O5/c1-5-7-12-30-17(23)15(19(32)25-21(30)34)29(10-6-2)14(31)9-8-11-28-13-24-18-16(28)20(33)27(4)22(35)26(18)3/h13H,5-12,23H2,1-4H3,(H,25,32,34). The third kappa shape index (κ3) is 4.84. The summed E-state index contributed by atoms with van der Waals surface area (Å²) in [5.41, 5.74) is 4.47. The number of nitrogen functional groups attached to an aromatic ring is 1. The summed E-state index contributed by atoms with van der Waals surface area (Å²) in [7, 11) is 2.94. The highest BCUT2D eigenvalue weighted by molar-refractivity contribution is 5.95. The molecule has 13 heteroatoms. The minimum absolute atomic E-state index is 0.0236. The van der Waals surface area contributed by atoms with E-state index in [2.05, 4.69) is 9.97 Å². The third-order valence-corrected chi connectivity index (χ3v) is 5.97. The van der Waals surface area contributed by atoms with E-state index >= 15 is 0 Å². The molecular weight excluding hydrogens is 456 g/mol. The molecule has 3 heterocycles. The topological polar surface area (TPSA) is 163 Å². The lowest BCUT2D eigenvalue weighted by Gasteiger charge is -2.24. The molecule has 0 radical (unpaired) electrons. The van der Waals surface area contributed by atoms with Gasteiger partial charge in [0.05, 0.1) is 6.33 Å². The monoisotopic (exact) mass is 488 g/mol. The lowest BCUT2D eigenvalue weighted by atomic mass is 10.2. The van der Waals surface area contributed by atoms with Crippen molar-refractivity contribution in [3.05, 3.63) is 48.0 Å². The molecule has 0 aliphatic rings. The van der Waals surface area contributed by atoms with Gasteiger partial charge in [0, 0.05) is 40.2 Å². The second-order valence-electron chi connectivity index (χ2n) is 8.46. The van der Waals surface area contributed by atoms with Crippen molar-refractivity contribution in [2.24, 2.45) is 14.1 Å². The van der Waals surface area contributed by atoms with Crippen LogP contribution in [0.15, 0.2) is 25.5 Å². The fourth-order valence-corrected chi connectivity index (χ4v) is 4.06. The molecule has 1 amide bonds. The van der Waals surface area contributed by atoms with E-state index in [4.69, 9.17) is 5.73 Å². The number of carbonyl (C=O) groups excluding carboxylic acids is 1. The molecular formula is C22H32N8O5. The third-order valence-electron chi connectivity index (χ3n) is 5.97. The van der Waals surface area contributed by atoms with Crippen molar-refractivity contribution in [2.75, 3.05) is 17.2 Å². The van der Waals surface area contributed by atoms with Gasteiger partial charge in [-0.15, -0.1) is 0 Å². The molecule has 190 valence electrons. The summed E-state index contributed by atoms with van der Waals surface area (Å²) in [6, 6.07) is 0. The molecule has 0 bridgehead atoms. The first-order valence-electron chi connectivity index (χ1n) is 11.7. The minimum Gasteiger partial charge on any atom is -0.383 e. The van der Waals surface area contributed by atoms with Crippen LogP contribution in [0.3, 0.4) is 0 Å². The molecule has 3 rings (SSSR count). The number of amides is 1. The first kappa shape index (κ1) is 25.7. The molecule has 35 heavy (non-hydrogen) atoms. The van der Waals surface area contributed by atoms with Crippen molar-refractivity contribution < 1.29 is 4.79 Å². The van der Waals surface area contributed by atoms with E-state index in [1.807, 2.05) is 13.8 Å². The zero-order valence-electron chi connectivity index (χ0n) is 20.5. The van der Waals surface area contributed by atoms with Gasteiger partial charge in [-0.05, 0) is 19.3 Å². The smallest absolute Gasteiger partial charge is 0.332 e. The number of H-pyrrole nitrogens is 1. The normalized spacial score (nSPS) is 11.3. The number of anilines is 2. The molecule has 0 saturated heterocycles. The van der Waals surface area contributed by atoms with Gasteiger partial charge < -0.3 is 15.2 Å². The van der Waals surface area contributed by atoms with Crippen LogP contribution in [0, 0.1) is 0 Å². The molecule has 0 aromatic carbocycles. The fourth-order valence-electron chi connectivity index (χ4n) is 4.06. The van der Waals surface area contributed by atoms with Crippen LogP contribution in [0.4, 0.5) is 11.5 Å². The quantitative estimate of drug-likeness (QED) is 0.402. The maximum Gasteiger partial charge on any atom is 0.332 e. The Morgan fingerprint density at radius 3 is 2.43 bits per heavy atom. The lowest BCUT2D eigenvalue weighted by molar-refractivity contribution is -0.118. The van der Waals surface area contributed by atoms with Crippen LogP contribution in [0.1, 0.15) is 46.0 Å². The number of carbonyl (C=O) groups is 1. The average Bonchev–Trinajstić information content (AvgIpc) is 3.24. The van der Waals surface area contributed by atoms with E-state index in [0.717, 1.165) is 11.0 Å². The van der Waals surface area contributed by atoms with Crippen molar-refractivity contribution in [2.45, 2.75) is 59.0 Å². The Bertz CT molecular complexity index is 1470. The van der Waals surface area contributed by atoms with Crippen molar-refractivity contribution in [3.63, 3.8) is 0 Å². The number of nitrogens with two attached hydrogens (primary N) is 1. The van der Waals surface area contributed by atoms with Crippen molar-refractivity contribution in [3.8, 4) is 0 Å². The van der Waals surface area contributed by atoms with E-state index < -0.39 is 22.5 Å². The number of fused-ring (bicyclic) bond motifs is 1. The first-order valence-corrected chi connectivity index (χ1v) is 11.7. The summed E-state index contributed by atoms with van der Waals surface area (Å²) >= 11 is 0. The van der Waals surface area contributed by atoms with Crippen molar-refractivity contribution >= 4 is 28.6 Å². The lowest BCUT2D eigenvalue weighted by Crippen LogP contribution is -2.41. The number of imidazole rings is 1. The largest absolute Gasteiger partial charge is 0.383 e. The fraction of sp³-hybridized carbons (Fsp3) is 0.545. The summed E-state index contributed by atoms with van der Waals surface area (Å²) in [6.07, 6.45) is 3.99. The van der Waals surface area contributed by atoms with Gasteiger partial charge in [0.1, 0.15) is 5.82 Å². The van der Waals surface area contributed by atoms with Crippen LogP contribution in [0.5, 0.6) is 0 Å². The Balaban J connectivity index is 1.85. The van der Waals surface area contributed by atoms with Crippen LogP contribution in [0.2, 0.25) is 0 Å². The van der Waals surface area contributed by atoms with Gasteiger partial charge in [0.2, 0.25) is 5.91 Å². The van der Waals surface area contributed by atoms with Gasteiger partial charge in [-0.2, -0.15) is 0 Å². The van der Waals surface area contributed by atoms with Crippen molar-refractivity contribution in [1.82, 2.24) is 28.2 Å². The van der Waals surface area contributed by atoms with Crippen LogP contribution in [-0.4, -0.2) is 40.7 Å². The van der Waals surface area contributed by atoms with Crippen LogP contribution in [-0.2, 0) is 32.0 Å². The molecule has 0 unspecified atom stereocenters. The molecule has 3 N–H and O–H groups in total. The summed E-state index contributed by atoms with van der Waals surface area (Å²) in [6.45, 7) is 4.74. The predicted octanol–water partition coefficient (Wildman–Crippen LogP) is -0.111. The second-order valence-corrected chi connectivity index (χ2v) is 8.46. The first-order chi connectivity index (χ1) is 16.6. The van der Waals surface area contributed by atoms with E-state index in [-0.39, 0.29) is 41.5 Å². The highest BCUT2D eigenvalue weighted by atomic mass is 16.2. The number of nitrogens with zero attached hydrogens (tertiary/aromatic N) is 6. The number of aromatic amines is 1. The highest BCUT2D eigenvalue weighted by Gasteiger charge is 2.23. The SMILES string of the molecule is CCCCn1c(N)c(N(CCC)C(=O)CCCn2cnc3c2c(=O)n(C)c(=O)n3C)c(=O)[nH]c1=O. The Kier molecular flexibility index (Phi) is 7.77. The number of hydrogen-bond acceptors (Lipinski definition) is 7. The number of aromatic nitrogens is 6.